The summed E-state index contributed by atoms with van der Waals surface area (Å²) < 4.78 is 13.9. The largest absolute Gasteiger partial charge is 0.381 e. The Balaban J connectivity index is 1.82. The van der Waals surface area contributed by atoms with Crippen molar-refractivity contribution in [2.75, 3.05) is 5.32 Å². The Kier molecular flexibility index (Phi) is 3.25. The lowest BCUT2D eigenvalue weighted by Crippen LogP contribution is -2.00. The molecule has 4 heteroatoms. The van der Waals surface area contributed by atoms with Crippen molar-refractivity contribution >= 4 is 32.5 Å². The van der Waals surface area contributed by atoms with Gasteiger partial charge in [0.1, 0.15) is 5.82 Å². The van der Waals surface area contributed by atoms with E-state index in [-0.39, 0.29) is 5.82 Å². The number of nitrogens with one attached hydrogen (secondary N) is 2. The van der Waals surface area contributed by atoms with Crippen LogP contribution < -0.4 is 5.32 Å². The Morgan fingerprint density at radius 1 is 1.16 bits per heavy atom. The molecule has 0 saturated carbocycles. The molecule has 3 aromatic rings. The fraction of sp³-hybridized carbons (Fsp3) is 0.0667. The molecule has 19 heavy (non-hydrogen) atoms. The van der Waals surface area contributed by atoms with Gasteiger partial charge in [-0.3, -0.25) is 0 Å². The molecule has 0 bridgehead atoms. The fourth-order valence-corrected chi connectivity index (χ4v) is 2.35. The van der Waals surface area contributed by atoms with Crippen LogP contribution in [-0.4, -0.2) is 4.98 Å². The standard InChI is InChI=1S/C15H12BrFN2/c16-13-5-4-12(8-14(13)17)19-9-11-3-1-2-10-6-7-18-15(10)11/h1-8,18-19H,9H2. The number of halogens is 2. The number of hydrogen-bond donors (Lipinski definition) is 2. The van der Waals surface area contributed by atoms with E-state index in [4.69, 9.17) is 0 Å². The monoisotopic (exact) mass is 318 g/mol. The summed E-state index contributed by atoms with van der Waals surface area (Å²) in [7, 11) is 0. The van der Waals surface area contributed by atoms with Crippen molar-refractivity contribution in [2.45, 2.75) is 6.54 Å². The molecule has 1 heterocycles. The summed E-state index contributed by atoms with van der Waals surface area (Å²) in [6.07, 6.45) is 1.92. The highest BCUT2D eigenvalue weighted by atomic mass is 79.9. The predicted octanol–water partition coefficient (Wildman–Crippen LogP) is 4.68. The van der Waals surface area contributed by atoms with Crippen LogP contribution >= 0.6 is 15.9 Å². The Labute approximate surface area is 118 Å². The highest BCUT2D eigenvalue weighted by Gasteiger charge is 2.03. The number of aromatic nitrogens is 1. The van der Waals surface area contributed by atoms with Crippen molar-refractivity contribution < 1.29 is 4.39 Å². The van der Waals surface area contributed by atoms with Crippen molar-refractivity contribution in [1.82, 2.24) is 4.98 Å². The van der Waals surface area contributed by atoms with Gasteiger partial charge in [0, 0.05) is 18.4 Å². The lowest BCUT2D eigenvalue weighted by atomic mass is 10.1. The second kappa shape index (κ2) is 5.05. The Morgan fingerprint density at radius 3 is 2.89 bits per heavy atom. The number of aromatic amines is 1. The molecule has 0 unspecified atom stereocenters. The minimum atomic E-state index is -0.261. The maximum atomic E-state index is 13.4. The second-order valence-electron chi connectivity index (χ2n) is 4.34. The van der Waals surface area contributed by atoms with Gasteiger partial charge in [0.05, 0.1) is 9.99 Å². The average molecular weight is 319 g/mol. The third kappa shape index (κ3) is 2.49. The first kappa shape index (κ1) is 12.2. The summed E-state index contributed by atoms with van der Waals surface area (Å²) in [5.74, 6) is -0.261. The van der Waals surface area contributed by atoms with Crippen molar-refractivity contribution in [1.29, 1.82) is 0 Å². The lowest BCUT2D eigenvalue weighted by molar-refractivity contribution is 0.621. The third-order valence-corrected chi connectivity index (χ3v) is 3.72. The summed E-state index contributed by atoms with van der Waals surface area (Å²) in [5.41, 5.74) is 3.04. The zero-order chi connectivity index (χ0) is 13.2. The van der Waals surface area contributed by atoms with E-state index in [9.17, 15) is 4.39 Å². The van der Waals surface area contributed by atoms with E-state index in [0.717, 1.165) is 16.8 Å². The number of fused-ring (bicyclic) bond motifs is 1. The molecule has 0 amide bonds. The molecule has 0 aliphatic carbocycles. The molecule has 0 aliphatic heterocycles. The number of benzene rings is 2. The van der Waals surface area contributed by atoms with E-state index in [0.29, 0.717) is 11.0 Å². The van der Waals surface area contributed by atoms with Gasteiger partial charge in [-0.25, -0.2) is 4.39 Å². The van der Waals surface area contributed by atoms with Crippen LogP contribution in [0.3, 0.4) is 0 Å². The fourth-order valence-electron chi connectivity index (χ4n) is 2.10. The van der Waals surface area contributed by atoms with Gasteiger partial charge in [0.15, 0.2) is 0 Å². The first-order chi connectivity index (χ1) is 9.24. The molecule has 0 radical (unpaired) electrons. The van der Waals surface area contributed by atoms with Crippen LogP contribution in [0.4, 0.5) is 10.1 Å². The van der Waals surface area contributed by atoms with Crippen molar-refractivity contribution in [3.63, 3.8) is 0 Å². The summed E-state index contributed by atoms with van der Waals surface area (Å²) in [5, 5.41) is 4.41. The van der Waals surface area contributed by atoms with Gasteiger partial charge in [-0.1, -0.05) is 18.2 Å². The van der Waals surface area contributed by atoms with E-state index in [1.165, 1.54) is 11.5 Å². The number of para-hydroxylation sites is 1. The molecule has 0 spiro atoms. The molecule has 2 nitrogen and oxygen atoms in total. The van der Waals surface area contributed by atoms with Crippen LogP contribution in [0.15, 0.2) is 53.1 Å². The molecular weight excluding hydrogens is 307 g/mol. The molecule has 96 valence electrons. The summed E-state index contributed by atoms with van der Waals surface area (Å²) in [6.45, 7) is 0.652. The smallest absolute Gasteiger partial charge is 0.139 e. The molecule has 0 atom stereocenters. The maximum absolute atomic E-state index is 13.4. The van der Waals surface area contributed by atoms with E-state index in [2.05, 4.69) is 38.4 Å². The van der Waals surface area contributed by atoms with Crippen LogP contribution in [0.1, 0.15) is 5.56 Å². The molecular formula is C15H12BrFN2. The molecule has 0 saturated heterocycles. The topological polar surface area (TPSA) is 27.8 Å². The number of H-pyrrole nitrogens is 1. The molecule has 3 rings (SSSR count). The highest BCUT2D eigenvalue weighted by Crippen LogP contribution is 2.21. The average Bonchev–Trinajstić information content (AvgIpc) is 2.89. The van der Waals surface area contributed by atoms with E-state index in [1.807, 2.05) is 24.4 Å². The molecule has 2 N–H and O–H groups in total. The minimum absolute atomic E-state index is 0.261. The molecule has 0 aliphatic rings. The van der Waals surface area contributed by atoms with Crippen LogP contribution in [0, 0.1) is 5.82 Å². The number of rotatable bonds is 3. The quantitative estimate of drug-likeness (QED) is 0.721. The normalized spacial score (nSPS) is 10.8. The molecule has 2 aromatic carbocycles. The van der Waals surface area contributed by atoms with Gasteiger partial charge in [-0.15, -0.1) is 0 Å². The summed E-state index contributed by atoms with van der Waals surface area (Å²) >= 11 is 3.14. The van der Waals surface area contributed by atoms with E-state index < -0.39 is 0 Å². The predicted molar refractivity (Wildman–Crippen MR) is 79.7 cm³/mol. The second-order valence-corrected chi connectivity index (χ2v) is 5.20. The van der Waals surface area contributed by atoms with Gasteiger partial charge in [-0.05, 0) is 51.1 Å². The lowest BCUT2D eigenvalue weighted by Gasteiger charge is -2.08. The van der Waals surface area contributed by atoms with Crippen molar-refractivity contribution in [3.05, 3.63) is 64.5 Å². The van der Waals surface area contributed by atoms with Crippen molar-refractivity contribution in [2.24, 2.45) is 0 Å². The van der Waals surface area contributed by atoms with Gasteiger partial charge < -0.3 is 10.3 Å². The van der Waals surface area contributed by atoms with Crippen LogP contribution in [0.5, 0.6) is 0 Å². The van der Waals surface area contributed by atoms with Gasteiger partial charge in [0.25, 0.3) is 0 Å². The van der Waals surface area contributed by atoms with Crippen LogP contribution in [0.2, 0.25) is 0 Å². The van der Waals surface area contributed by atoms with E-state index in [1.54, 1.807) is 6.07 Å². The van der Waals surface area contributed by atoms with E-state index >= 15 is 0 Å². The van der Waals surface area contributed by atoms with Crippen LogP contribution in [-0.2, 0) is 6.54 Å². The highest BCUT2D eigenvalue weighted by molar-refractivity contribution is 9.10. The van der Waals surface area contributed by atoms with Gasteiger partial charge in [0.2, 0.25) is 0 Å². The molecule has 0 fully saturated rings. The van der Waals surface area contributed by atoms with Gasteiger partial charge in [-0.2, -0.15) is 0 Å². The molecule has 1 aromatic heterocycles. The Morgan fingerprint density at radius 2 is 2.05 bits per heavy atom. The Bertz CT molecular complexity index is 721. The number of anilines is 1. The summed E-state index contributed by atoms with van der Waals surface area (Å²) in [4.78, 5) is 3.22. The summed E-state index contributed by atoms with van der Waals surface area (Å²) in [6, 6.07) is 13.2. The minimum Gasteiger partial charge on any atom is -0.381 e. The first-order valence-electron chi connectivity index (χ1n) is 5.98. The first-order valence-corrected chi connectivity index (χ1v) is 6.77. The number of hydrogen-bond acceptors (Lipinski definition) is 1. The zero-order valence-corrected chi connectivity index (χ0v) is 11.7. The SMILES string of the molecule is Fc1cc(NCc2cccc3cc[nH]c23)ccc1Br. The van der Waals surface area contributed by atoms with Crippen LogP contribution in [0.25, 0.3) is 10.9 Å². The third-order valence-electron chi connectivity index (χ3n) is 3.08. The zero-order valence-electron chi connectivity index (χ0n) is 10.1. The van der Waals surface area contributed by atoms with Gasteiger partial charge >= 0.3 is 0 Å². The Hall–Kier alpha value is -1.81. The van der Waals surface area contributed by atoms with Crippen molar-refractivity contribution in [3.8, 4) is 0 Å². The maximum Gasteiger partial charge on any atom is 0.139 e.